The van der Waals surface area contributed by atoms with Crippen LogP contribution in [0.25, 0.3) is 0 Å². The summed E-state index contributed by atoms with van der Waals surface area (Å²) < 4.78 is 25.9. The van der Waals surface area contributed by atoms with E-state index in [1.54, 1.807) is 6.07 Å². The number of alkyl halides is 2. The lowest BCUT2D eigenvalue weighted by Gasteiger charge is -2.13. The third-order valence-electron chi connectivity index (χ3n) is 1.45. The van der Waals surface area contributed by atoms with Gasteiger partial charge in [-0.15, -0.1) is 0 Å². The van der Waals surface area contributed by atoms with Crippen LogP contribution in [0.1, 0.15) is 5.56 Å². The molecular weight excluding hydrogens is 230 g/mol. The average Bonchev–Trinajstić information content (AvgIpc) is 2.05. The fourth-order valence-electron chi connectivity index (χ4n) is 0.836. The highest BCUT2D eigenvalue weighted by molar-refractivity contribution is 9.10. The number of halogens is 3. The zero-order valence-corrected chi connectivity index (χ0v) is 7.64. The Morgan fingerprint density at radius 3 is 2.42 bits per heavy atom. The highest BCUT2D eigenvalue weighted by atomic mass is 79.9. The fraction of sp³-hybridized carbons (Fsp3) is 0.250. The van der Waals surface area contributed by atoms with Crippen LogP contribution in [0.2, 0.25) is 0 Å². The Labute approximate surface area is 77.2 Å². The molecule has 1 aromatic rings. The molecule has 0 aliphatic heterocycles. The SMILES string of the molecule is [O]CC(F)(F)c1ccccc1Br. The van der Waals surface area contributed by atoms with Gasteiger partial charge in [0.2, 0.25) is 0 Å². The van der Waals surface area contributed by atoms with Crippen LogP contribution in [0.15, 0.2) is 28.7 Å². The van der Waals surface area contributed by atoms with Crippen molar-refractivity contribution in [1.82, 2.24) is 0 Å². The predicted molar refractivity (Wildman–Crippen MR) is 43.6 cm³/mol. The molecule has 0 aromatic heterocycles. The maximum atomic E-state index is 12.8. The van der Waals surface area contributed by atoms with Gasteiger partial charge in [0.1, 0.15) is 0 Å². The van der Waals surface area contributed by atoms with Crippen molar-refractivity contribution < 1.29 is 13.9 Å². The van der Waals surface area contributed by atoms with E-state index in [-0.39, 0.29) is 10.0 Å². The topological polar surface area (TPSA) is 19.9 Å². The van der Waals surface area contributed by atoms with Gasteiger partial charge in [-0.1, -0.05) is 34.1 Å². The molecule has 0 unspecified atom stereocenters. The van der Waals surface area contributed by atoms with Gasteiger partial charge in [0.25, 0.3) is 5.92 Å². The Hall–Kier alpha value is -0.480. The van der Waals surface area contributed by atoms with Crippen molar-refractivity contribution in [2.45, 2.75) is 5.92 Å². The van der Waals surface area contributed by atoms with Crippen LogP contribution >= 0.6 is 15.9 Å². The van der Waals surface area contributed by atoms with E-state index in [0.717, 1.165) is 0 Å². The number of rotatable bonds is 2. The molecule has 1 rings (SSSR count). The van der Waals surface area contributed by atoms with Crippen molar-refractivity contribution >= 4 is 15.9 Å². The van der Waals surface area contributed by atoms with E-state index in [2.05, 4.69) is 15.9 Å². The third-order valence-corrected chi connectivity index (χ3v) is 2.14. The number of hydrogen-bond donors (Lipinski definition) is 0. The average molecular weight is 236 g/mol. The van der Waals surface area contributed by atoms with Crippen LogP contribution in [-0.4, -0.2) is 6.61 Å². The molecule has 1 radical (unpaired) electrons. The minimum atomic E-state index is -3.28. The van der Waals surface area contributed by atoms with Gasteiger partial charge in [-0.25, -0.2) is 5.11 Å². The summed E-state index contributed by atoms with van der Waals surface area (Å²) in [6.07, 6.45) is 0. The van der Waals surface area contributed by atoms with Gasteiger partial charge in [0.05, 0.1) is 0 Å². The molecule has 0 fully saturated rings. The molecule has 0 N–H and O–H groups in total. The van der Waals surface area contributed by atoms with E-state index in [0.29, 0.717) is 0 Å². The Morgan fingerprint density at radius 1 is 1.33 bits per heavy atom. The molecule has 0 amide bonds. The molecule has 0 heterocycles. The molecule has 0 aliphatic rings. The van der Waals surface area contributed by atoms with Crippen LogP contribution < -0.4 is 0 Å². The fourth-order valence-corrected chi connectivity index (χ4v) is 1.41. The van der Waals surface area contributed by atoms with Crippen LogP contribution in [0.4, 0.5) is 8.78 Å². The molecule has 0 saturated carbocycles. The minimum Gasteiger partial charge on any atom is -0.230 e. The molecule has 0 spiro atoms. The first-order valence-electron chi connectivity index (χ1n) is 3.29. The van der Waals surface area contributed by atoms with Crippen molar-refractivity contribution in [2.24, 2.45) is 0 Å². The highest BCUT2D eigenvalue weighted by Gasteiger charge is 2.32. The van der Waals surface area contributed by atoms with Crippen LogP contribution in [0, 0.1) is 0 Å². The maximum Gasteiger partial charge on any atom is 0.300 e. The molecule has 0 bridgehead atoms. The van der Waals surface area contributed by atoms with Gasteiger partial charge in [-0.2, -0.15) is 8.78 Å². The first kappa shape index (κ1) is 9.61. The zero-order valence-electron chi connectivity index (χ0n) is 6.06. The summed E-state index contributed by atoms with van der Waals surface area (Å²) in [7, 11) is 0. The summed E-state index contributed by atoms with van der Waals surface area (Å²) in [5, 5.41) is 10.1. The van der Waals surface area contributed by atoms with E-state index < -0.39 is 12.5 Å². The molecule has 1 aromatic carbocycles. The standard InChI is InChI=1S/C8H6BrF2O/c9-7-4-2-1-3-6(7)8(10,11)5-12/h1-4H,5H2. The van der Waals surface area contributed by atoms with E-state index in [4.69, 9.17) is 0 Å². The lowest BCUT2D eigenvalue weighted by Crippen LogP contribution is -2.17. The van der Waals surface area contributed by atoms with E-state index in [1.807, 2.05) is 0 Å². The molecule has 65 valence electrons. The smallest absolute Gasteiger partial charge is 0.230 e. The largest absolute Gasteiger partial charge is 0.300 e. The van der Waals surface area contributed by atoms with Crippen molar-refractivity contribution in [3.63, 3.8) is 0 Å². The number of benzene rings is 1. The summed E-state index contributed by atoms with van der Waals surface area (Å²) in [4.78, 5) is 0. The molecule has 0 aliphatic carbocycles. The van der Waals surface area contributed by atoms with Crippen LogP contribution in [0.5, 0.6) is 0 Å². The predicted octanol–water partition coefficient (Wildman–Crippen LogP) is 2.97. The maximum absolute atomic E-state index is 12.8. The summed E-state index contributed by atoms with van der Waals surface area (Å²) in [5.74, 6) is -3.28. The molecule has 1 nitrogen and oxygen atoms in total. The summed E-state index contributed by atoms with van der Waals surface area (Å²) >= 11 is 2.95. The van der Waals surface area contributed by atoms with Crippen molar-refractivity contribution in [3.8, 4) is 0 Å². The second-order valence-electron chi connectivity index (χ2n) is 2.33. The normalized spacial score (nSPS) is 11.7. The Bertz CT molecular complexity index is 276. The van der Waals surface area contributed by atoms with Gasteiger partial charge in [0, 0.05) is 10.0 Å². The summed E-state index contributed by atoms with van der Waals surface area (Å²) in [6, 6.07) is 5.82. The molecular formula is C8H6BrF2O. The Kier molecular flexibility index (Phi) is 2.80. The van der Waals surface area contributed by atoms with Gasteiger partial charge < -0.3 is 0 Å². The first-order valence-corrected chi connectivity index (χ1v) is 4.08. The van der Waals surface area contributed by atoms with Crippen LogP contribution in [-0.2, 0) is 11.0 Å². The first-order chi connectivity index (χ1) is 5.58. The Morgan fingerprint density at radius 2 is 1.92 bits per heavy atom. The Balaban J connectivity index is 3.10. The monoisotopic (exact) mass is 235 g/mol. The van der Waals surface area contributed by atoms with Gasteiger partial charge in [-0.05, 0) is 6.07 Å². The van der Waals surface area contributed by atoms with Crippen molar-refractivity contribution in [2.75, 3.05) is 6.61 Å². The second-order valence-corrected chi connectivity index (χ2v) is 3.18. The lowest BCUT2D eigenvalue weighted by molar-refractivity contribution is -0.0788. The van der Waals surface area contributed by atoms with Gasteiger partial charge in [0.15, 0.2) is 6.61 Å². The lowest BCUT2D eigenvalue weighted by atomic mass is 10.1. The molecule has 12 heavy (non-hydrogen) atoms. The molecule has 4 heteroatoms. The van der Waals surface area contributed by atoms with Crippen molar-refractivity contribution in [1.29, 1.82) is 0 Å². The third kappa shape index (κ3) is 1.81. The second kappa shape index (κ2) is 3.49. The van der Waals surface area contributed by atoms with Gasteiger partial charge in [-0.3, -0.25) is 0 Å². The van der Waals surface area contributed by atoms with E-state index in [1.165, 1.54) is 18.2 Å². The summed E-state index contributed by atoms with van der Waals surface area (Å²) in [5.41, 5.74) is -0.250. The summed E-state index contributed by atoms with van der Waals surface area (Å²) in [6.45, 7) is -1.42. The number of hydrogen-bond acceptors (Lipinski definition) is 0. The van der Waals surface area contributed by atoms with Crippen molar-refractivity contribution in [3.05, 3.63) is 34.3 Å². The zero-order chi connectivity index (χ0) is 9.19. The molecule has 0 atom stereocenters. The van der Waals surface area contributed by atoms with E-state index in [9.17, 15) is 13.9 Å². The quantitative estimate of drug-likeness (QED) is 0.752. The van der Waals surface area contributed by atoms with Crippen LogP contribution in [0.3, 0.4) is 0 Å². The minimum absolute atomic E-state index is 0.250. The van der Waals surface area contributed by atoms with E-state index >= 15 is 0 Å². The highest BCUT2D eigenvalue weighted by Crippen LogP contribution is 2.32. The molecule has 0 saturated heterocycles. The van der Waals surface area contributed by atoms with Gasteiger partial charge >= 0.3 is 0 Å².